The molecule has 0 aliphatic carbocycles. The van der Waals surface area contributed by atoms with Crippen LogP contribution in [0, 0.1) is 5.82 Å². The third kappa shape index (κ3) is 3.03. The lowest BCUT2D eigenvalue weighted by Crippen LogP contribution is -2.36. The van der Waals surface area contributed by atoms with E-state index in [1.807, 2.05) is 0 Å². The van der Waals surface area contributed by atoms with Crippen molar-refractivity contribution >= 4 is 11.6 Å². The molecule has 2 N–H and O–H groups in total. The van der Waals surface area contributed by atoms with Crippen LogP contribution in [0.4, 0.5) is 17.6 Å². The number of aromatic amines is 2. The van der Waals surface area contributed by atoms with E-state index >= 15 is 0 Å². The average Bonchev–Trinajstić information content (AvgIpc) is 3.01. The van der Waals surface area contributed by atoms with Crippen LogP contribution in [0.1, 0.15) is 5.69 Å². The maximum atomic E-state index is 14.2. The number of rotatable bonds is 2. The van der Waals surface area contributed by atoms with Gasteiger partial charge < -0.3 is 4.98 Å². The second-order valence-corrected chi connectivity index (χ2v) is 5.10. The number of nitrogens with zero attached hydrogens (tertiary/aromatic N) is 4. The zero-order valence-corrected chi connectivity index (χ0v) is 12.5. The van der Waals surface area contributed by atoms with E-state index in [1.165, 1.54) is 4.98 Å². The number of benzene rings is 1. The predicted molar refractivity (Wildman–Crippen MR) is 75.8 cm³/mol. The lowest BCUT2D eigenvalue weighted by Gasteiger charge is -2.11. The number of H-pyrrole nitrogens is 2. The molecule has 0 saturated heterocycles. The lowest BCUT2D eigenvalue weighted by atomic mass is 10.1. The van der Waals surface area contributed by atoms with Crippen LogP contribution >= 0.6 is 11.6 Å². The summed E-state index contributed by atoms with van der Waals surface area (Å²) in [5.41, 5.74) is -4.97. The number of tetrazole rings is 1. The van der Waals surface area contributed by atoms with Gasteiger partial charge in [-0.1, -0.05) is 11.6 Å². The van der Waals surface area contributed by atoms with Crippen molar-refractivity contribution in [3.8, 4) is 17.1 Å². The van der Waals surface area contributed by atoms with Gasteiger partial charge in [0.15, 0.2) is 5.82 Å². The van der Waals surface area contributed by atoms with Crippen molar-refractivity contribution in [2.24, 2.45) is 0 Å². The highest BCUT2D eigenvalue weighted by molar-refractivity contribution is 6.33. The van der Waals surface area contributed by atoms with Crippen molar-refractivity contribution in [2.45, 2.75) is 6.18 Å². The zero-order valence-electron chi connectivity index (χ0n) is 11.7. The first-order valence-electron chi connectivity index (χ1n) is 6.35. The van der Waals surface area contributed by atoms with E-state index in [2.05, 4.69) is 20.6 Å². The molecule has 25 heavy (non-hydrogen) atoms. The van der Waals surface area contributed by atoms with Gasteiger partial charge in [-0.25, -0.2) is 18.9 Å². The van der Waals surface area contributed by atoms with Gasteiger partial charge in [-0.3, -0.25) is 4.79 Å². The van der Waals surface area contributed by atoms with Gasteiger partial charge in [0.05, 0.1) is 10.7 Å². The normalized spacial score (nSPS) is 11.7. The van der Waals surface area contributed by atoms with Crippen LogP contribution in [0.2, 0.25) is 5.02 Å². The van der Waals surface area contributed by atoms with Crippen LogP contribution in [0.25, 0.3) is 17.1 Å². The van der Waals surface area contributed by atoms with E-state index in [4.69, 9.17) is 11.6 Å². The molecule has 1 aromatic carbocycles. The van der Waals surface area contributed by atoms with Crippen LogP contribution in [0.3, 0.4) is 0 Å². The van der Waals surface area contributed by atoms with E-state index in [-0.39, 0.29) is 27.0 Å². The minimum atomic E-state index is -4.94. The Morgan fingerprint density at radius 1 is 1.16 bits per heavy atom. The van der Waals surface area contributed by atoms with Crippen molar-refractivity contribution in [1.29, 1.82) is 0 Å². The van der Waals surface area contributed by atoms with Crippen LogP contribution in [0.5, 0.6) is 0 Å². The molecular weight excluding hydrogens is 372 g/mol. The molecule has 0 unspecified atom stereocenters. The van der Waals surface area contributed by atoms with Gasteiger partial charge in [-0.05, 0) is 22.6 Å². The fourth-order valence-corrected chi connectivity index (χ4v) is 2.28. The fraction of sp³-hybridized carbons (Fsp3) is 0.0833. The number of halogens is 5. The summed E-state index contributed by atoms with van der Waals surface area (Å²) in [7, 11) is 0. The molecule has 2 heterocycles. The summed E-state index contributed by atoms with van der Waals surface area (Å²) in [6, 6.07) is 1.88. The Balaban J connectivity index is 2.26. The Labute approximate surface area is 139 Å². The number of alkyl halides is 3. The Kier molecular flexibility index (Phi) is 3.91. The average molecular weight is 377 g/mol. The summed E-state index contributed by atoms with van der Waals surface area (Å²) in [5.74, 6) is -1.10. The molecule has 13 heteroatoms. The van der Waals surface area contributed by atoms with Gasteiger partial charge in [0.1, 0.15) is 11.5 Å². The summed E-state index contributed by atoms with van der Waals surface area (Å²) in [5, 5.41) is 12.4. The van der Waals surface area contributed by atoms with E-state index in [0.717, 1.165) is 12.1 Å². The second-order valence-electron chi connectivity index (χ2n) is 4.69. The maximum Gasteiger partial charge on any atom is 0.431 e. The molecule has 0 saturated carbocycles. The molecule has 8 nitrogen and oxygen atoms in total. The Morgan fingerprint density at radius 2 is 1.88 bits per heavy atom. The molecule has 0 aliphatic heterocycles. The summed E-state index contributed by atoms with van der Waals surface area (Å²) in [6.45, 7) is 0. The minimum absolute atomic E-state index is 0.00244. The quantitative estimate of drug-likeness (QED) is 0.659. The second kappa shape index (κ2) is 5.81. The highest BCUT2D eigenvalue weighted by Gasteiger charge is 2.33. The molecule has 0 fully saturated rings. The molecule has 0 amide bonds. The standard InChI is InChI=1S/C12H5ClF4N6O2/c13-5-2-6(14)7(1-4(5)10-19-21-22-20-10)23-9(24)3-8(12(15,16)17)18-11(23)25/h1-3H,(H,18,25)(H,19,20,21,22). The molecule has 0 radical (unpaired) electrons. The molecule has 0 atom stereocenters. The van der Waals surface area contributed by atoms with Gasteiger partial charge in [0.2, 0.25) is 0 Å². The highest BCUT2D eigenvalue weighted by atomic mass is 35.5. The summed E-state index contributed by atoms with van der Waals surface area (Å²) < 4.78 is 52.3. The van der Waals surface area contributed by atoms with Crippen LogP contribution in [-0.4, -0.2) is 30.2 Å². The van der Waals surface area contributed by atoms with Crippen molar-refractivity contribution in [1.82, 2.24) is 30.2 Å². The maximum absolute atomic E-state index is 14.2. The smallest absolute Gasteiger partial charge is 0.303 e. The van der Waals surface area contributed by atoms with Crippen LogP contribution in [-0.2, 0) is 6.18 Å². The van der Waals surface area contributed by atoms with E-state index in [1.54, 1.807) is 0 Å². The van der Waals surface area contributed by atoms with E-state index in [9.17, 15) is 27.2 Å². The first-order valence-corrected chi connectivity index (χ1v) is 6.73. The van der Waals surface area contributed by atoms with Crippen LogP contribution in [0.15, 0.2) is 27.8 Å². The minimum Gasteiger partial charge on any atom is -0.303 e. The Morgan fingerprint density at radius 3 is 2.44 bits per heavy atom. The Hall–Kier alpha value is -3.02. The third-order valence-electron chi connectivity index (χ3n) is 3.12. The summed E-state index contributed by atoms with van der Waals surface area (Å²) >= 11 is 5.87. The highest BCUT2D eigenvalue weighted by Crippen LogP contribution is 2.29. The largest absolute Gasteiger partial charge is 0.431 e. The van der Waals surface area contributed by atoms with Gasteiger partial charge in [-0.15, -0.1) is 5.10 Å². The SMILES string of the molecule is O=c1cc(C(F)(F)F)[nH]c(=O)n1-c1cc(-c2nnn[nH]2)c(Cl)cc1F. The van der Waals surface area contributed by atoms with E-state index < -0.39 is 34.6 Å². The van der Waals surface area contributed by atoms with Crippen molar-refractivity contribution in [3.05, 3.63) is 55.6 Å². The van der Waals surface area contributed by atoms with Gasteiger partial charge in [0, 0.05) is 11.6 Å². The number of hydrogen-bond acceptors (Lipinski definition) is 5. The molecule has 0 bridgehead atoms. The van der Waals surface area contributed by atoms with Crippen molar-refractivity contribution in [2.75, 3.05) is 0 Å². The third-order valence-corrected chi connectivity index (χ3v) is 3.43. The van der Waals surface area contributed by atoms with Crippen molar-refractivity contribution in [3.63, 3.8) is 0 Å². The molecule has 0 spiro atoms. The van der Waals surface area contributed by atoms with Gasteiger partial charge in [-0.2, -0.15) is 13.2 Å². The first kappa shape index (κ1) is 16.8. The van der Waals surface area contributed by atoms with Gasteiger partial charge >= 0.3 is 11.9 Å². The van der Waals surface area contributed by atoms with Gasteiger partial charge in [0.25, 0.3) is 5.56 Å². The first-order chi connectivity index (χ1) is 11.7. The molecule has 0 aliphatic rings. The zero-order chi connectivity index (χ0) is 18.4. The fourth-order valence-electron chi connectivity index (χ4n) is 2.04. The summed E-state index contributed by atoms with van der Waals surface area (Å²) in [6.07, 6.45) is -4.94. The number of nitrogens with one attached hydrogen (secondary N) is 2. The van der Waals surface area contributed by atoms with Crippen LogP contribution < -0.4 is 11.2 Å². The molecule has 3 rings (SSSR count). The molecule has 130 valence electrons. The topological polar surface area (TPSA) is 109 Å². The van der Waals surface area contributed by atoms with E-state index in [0.29, 0.717) is 0 Å². The molecule has 2 aromatic heterocycles. The molecule has 3 aromatic rings. The lowest BCUT2D eigenvalue weighted by molar-refractivity contribution is -0.141. The monoisotopic (exact) mass is 376 g/mol. The summed E-state index contributed by atoms with van der Waals surface area (Å²) in [4.78, 5) is 25.3. The number of aromatic nitrogens is 6. The molecular formula is C12H5ClF4N6O2. The predicted octanol–water partition coefficient (Wildman–Crippen LogP) is 1.52. The van der Waals surface area contributed by atoms with Crippen molar-refractivity contribution < 1.29 is 17.6 Å². The Bertz CT molecular complexity index is 1030. The number of hydrogen-bond donors (Lipinski definition) is 2.